The molecule has 0 fully saturated rings. The maximum Gasteiger partial charge on any atom is 0.111 e. The lowest BCUT2D eigenvalue weighted by Gasteiger charge is -2.03. The van der Waals surface area contributed by atoms with E-state index in [1.165, 1.54) is 0 Å². The third kappa shape index (κ3) is 1.62. The van der Waals surface area contributed by atoms with Gasteiger partial charge in [0.2, 0.25) is 0 Å². The summed E-state index contributed by atoms with van der Waals surface area (Å²) in [5.41, 5.74) is 0. The van der Waals surface area contributed by atoms with Crippen LogP contribution in [-0.4, -0.2) is 17.3 Å². The maximum atomic E-state index is 5.85. The Morgan fingerprint density at radius 3 is 2.78 bits per heavy atom. The summed E-state index contributed by atoms with van der Waals surface area (Å²) in [4.78, 5) is 0.398. The van der Waals surface area contributed by atoms with Gasteiger partial charge in [-0.05, 0) is 12.5 Å². The van der Waals surface area contributed by atoms with Crippen molar-refractivity contribution in [1.29, 1.82) is 0 Å². The van der Waals surface area contributed by atoms with Gasteiger partial charge in [0.15, 0.2) is 0 Å². The molecular formula is C6H8BrClO. The Hall–Kier alpha value is 0.310. The molecule has 1 rings (SSSR count). The van der Waals surface area contributed by atoms with Crippen LogP contribution in [0.2, 0.25) is 0 Å². The van der Waals surface area contributed by atoms with Crippen molar-refractivity contribution in [2.24, 2.45) is 0 Å². The first-order chi connectivity index (χ1) is 4.24. The van der Waals surface area contributed by atoms with Crippen LogP contribution in [-0.2, 0) is 4.74 Å². The van der Waals surface area contributed by atoms with Crippen molar-refractivity contribution in [3.63, 3.8) is 0 Å². The Bertz CT molecular complexity index is 135. The van der Waals surface area contributed by atoms with Crippen molar-refractivity contribution in [2.75, 3.05) is 7.11 Å². The van der Waals surface area contributed by atoms with E-state index in [0.717, 1.165) is 12.2 Å². The number of allylic oxidation sites excluding steroid dienone is 2. The lowest BCUT2D eigenvalue weighted by atomic mass is 10.3. The Balaban J connectivity index is 2.57. The molecule has 0 bridgehead atoms. The van der Waals surface area contributed by atoms with Crippen LogP contribution in [0.5, 0.6) is 0 Å². The molecule has 0 heterocycles. The predicted octanol–water partition coefficient (Wildman–Crippen LogP) is 2.29. The summed E-state index contributed by atoms with van der Waals surface area (Å²) in [6.07, 6.45) is 2.93. The van der Waals surface area contributed by atoms with Crippen molar-refractivity contribution < 1.29 is 4.74 Å². The van der Waals surface area contributed by atoms with E-state index in [9.17, 15) is 0 Å². The van der Waals surface area contributed by atoms with Gasteiger partial charge < -0.3 is 4.74 Å². The second-order valence-corrected chi connectivity index (χ2v) is 3.70. The topological polar surface area (TPSA) is 9.23 Å². The minimum atomic E-state index is 0.0689. The SMILES string of the molecule is COC1=C[C@H](Br)CC1Cl. The van der Waals surface area contributed by atoms with E-state index in [-0.39, 0.29) is 5.38 Å². The van der Waals surface area contributed by atoms with E-state index in [1.54, 1.807) is 7.11 Å². The van der Waals surface area contributed by atoms with Gasteiger partial charge in [0.1, 0.15) is 5.76 Å². The van der Waals surface area contributed by atoms with Crippen molar-refractivity contribution in [2.45, 2.75) is 16.6 Å². The number of halogens is 2. The van der Waals surface area contributed by atoms with E-state index in [1.807, 2.05) is 6.08 Å². The zero-order chi connectivity index (χ0) is 6.85. The first kappa shape index (κ1) is 7.42. The fourth-order valence-corrected chi connectivity index (χ4v) is 2.06. The van der Waals surface area contributed by atoms with Crippen LogP contribution < -0.4 is 0 Å². The smallest absolute Gasteiger partial charge is 0.111 e. The molecule has 0 spiro atoms. The van der Waals surface area contributed by atoms with E-state index in [2.05, 4.69) is 15.9 Å². The number of hydrogen-bond donors (Lipinski definition) is 0. The molecule has 0 aromatic carbocycles. The first-order valence-corrected chi connectivity index (χ1v) is 4.13. The molecule has 2 atom stereocenters. The summed E-state index contributed by atoms with van der Waals surface area (Å²) >= 11 is 9.27. The van der Waals surface area contributed by atoms with E-state index < -0.39 is 0 Å². The number of hydrogen-bond acceptors (Lipinski definition) is 1. The summed E-state index contributed by atoms with van der Waals surface area (Å²) in [7, 11) is 1.65. The molecule has 0 saturated heterocycles. The number of alkyl halides is 2. The van der Waals surface area contributed by atoms with Gasteiger partial charge in [0, 0.05) is 4.83 Å². The highest BCUT2D eigenvalue weighted by Gasteiger charge is 2.22. The second kappa shape index (κ2) is 2.93. The van der Waals surface area contributed by atoms with Crippen LogP contribution in [0.25, 0.3) is 0 Å². The fraction of sp³-hybridized carbons (Fsp3) is 0.667. The molecule has 0 N–H and O–H groups in total. The monoisotopic (exact) mass is 210 g/mol. The van der Waals surface area contributed by atoms with Crippen molar-refractivity contribution in [1.82, 2.24) is 0 Å². The van der Waals surface area contributed by atoms with Crippen molar-refractivity contribution >= 4 is 27.5 Å². The summed E-state index contributed by atoms with van der Waals surface area (Å²) in [5, 5.41) is 0.0689. The quantitative estimate of drug-likeness (QED) is 0.605. The van der Waals surface area contributed by atoms with Crippen LogP contribution in [0.1, 0.15) is 6.42 Å². The van der Waals surface area contributed by atoms with Crippen LogP contribution in [0.3, 0.4) is 0 Å². The average Bonchev–Trinajstić information content (AvgIpc) is 2.10. The fourth-order valence-electron chi connectivity index (χ4n) is 0.860. The molecule has 1 aliphatic carbocycles. The predicted molar refractivity (Wildman–Crippen MR) is 42.1 cm³/mol. The van der Waals surface area contributed by atoms with Crippen LogP contribution in [0.4, 0.5) is 0 Å². The minimum absolute atomic E-state index is 0.0689. The Morgan fingerprint density at radius 2 is 2.56 bits per heavy atom. The lowest BCUT2D eigenvalue weighted by Crippen LogP contribution is -1.99. The molecule has 1 unspecified atom stereocenters. The molecule has 3 heteroatoms. The standard InChI is InChI=1S/C6H8BrClO/c1-9-6-3-4(7)2-5(6)8/h3-5H,2H2,1H3/t4-,5?/m1/s1. The van der Waals surface area contributed by atoms with Crippen LogP contribution in [0.15, 0.2) is 11.8 Å². The Labute approximate surface area is 68.2 Å². The normalized spacial score (nSPS) is 34.3. The van der Waals surface area contributed by atoms with Gasteiger partial charge in [-0.2, -0.15) is 0 Å². The summed E-state index contributed by atoms with van der Waals surface area (Å²) in [5.74, 6) is 0.888. The van der Waals surface area contributed by atoms with Gasteiger partial charge in [-0.25, -0.2) is 0 Å². The highest BCUT2D eigenvalue weighted by atomic mass is 79.9. The largest absolute Gasteiger partial charge is 0.500 e. The second-order valence-electron chi connectivity index (χ2n) is 1.99. The molecule has 0 amide bonds. The summed E-state index contributed by atoms with van der Waals surface area (Å²) in [6.45, 7) is 0. The lowest BCUT2D eigenvalue weighted by molar-refractivity contribution is 0.284. The molecule has 1 aliphatic rings. The Morgan fingerprint density at radius 1 is 1.89 bits per heavy atom. The van der Waals surface area contributed by atoms with Crippen LogP contribution >= 0.6 is 27.5 Å². The number of rotatable bonds is 1. The molecule has 0 radical (unpaired) electrons. The zero-order valence-electron chi connectivity index (χ0n) is 5.10. The maximum absolute atomic E-state index is 5.85. The molecule has 0 aromatic heterocycles. The summed E-state index contributed by atoms with van der Waals surface area (Å²) < 4.78 is 4.99. The third-order valence-electron chi connectivity index (χ3n) is 1.32. The van der Waals surface area contributed by atoms with Crippen LogP contribution in [0, 0.1) is 0 Å². The van der Waals surface area contributed by atoms with Gasteiger partial charge in [0.25, 0.3) is 0 Å². The van der Waals surface area contributed by atoms with Gasteiger partial charge in [0.05, 0.1) is 12.5 Å². The molecular weight excluding hydrogens is 203 g/mol. The van der Waals surface area contributed by atoms with E-state index in [4.69, 9.17) is 16.3 Å². The summed E-state index contributed by atoms with van der Waals surface area (Å²) in [6, 6.07) is 0. The zero-order valence-corrected chi connectivity index (χ0v) is 7.45. The van der Waals surface area contributed by atoms with Crippen molar-refractivity contribution in [3.8, 4) is 0 Å². The highest BCUT2D eigenvalue weighted by molar-refractivity contribution is 9.09. The molecule has 9 heavy (non-hydrogen) atoms. The van der Waals surface area contributed by atoms with Gasteiger partial charge in [-0.3, -0.25) is 0 Å². The molecule has 0 saturated carbocycles. The van der Waals surface area contributed by atoms with E-state index >= 15 is 0 Å². The van der Waals surface area contributed by atoms with Gasteiger partial charge >= 0.3 is 0 Å². The van der Waals surface area contributed by atoms with Gasteiger partial charge in [-0.1, -0.05) is 15.9 Å². The van der Waals surface area contributed by atoms with E-state index in [0.29, 0.717) is 4.83 Å². The first-order valence-electron chi connectivity index (χ1n) is 2.78. The molecule has 0 aliphatic heterocycles. The van der Waals surface area contributed by atoms with Gasteiger partial charge in [-0.15, -0.1) is 11.6 Å². The average molecular weight is 211 g/mol. The minimum Gasteiger partial charge on any atom is -0.500 e. The molecule has 0 aromatic rings. The third-order valence-corrected chi connectivity index (χ3v) is 2.35. The highest BCUT2D eigenvalue weighted by Crippen LogP contribution is 2.28. The number of ether oxygens (including phenoxy) is 1. The Kier molecular flexibility index (Phi) is 2.42. The molecule has 52 valence electrons. The molecule has 1 nitrogen and oxygen atoms in total. The number of methoxy groups -OCH3 is 1. The van der Waals surface area contributed by atoms with Crippen molar-refractivity contribution in [3.05, 3.63) is 11.8 Å².